The first kappa shape index (κ1) is 13.4. The maximum atomic E-state index is 11.5. The van der Waals surface area contributed by atoms with Crippen LogP contribution in [0.25, 0.3) is 0 Å². The lowest BCUT2D eigenvalue weighted by molar-refractivity contribution is -0.119. The summed E-state index contributed by atoms with van der Waals surface area (Å²) < 4.78 is 0. The van der Waals surface area contributed by atoms with E-state index < -0.39 is 0 Å². The van der Waals surface area contributed by atoms with Crippen molar-refractivity contribution in [1.82, 2.24) is 10.3 Å². The molecule has 0 saturated heterocycles. The zero-order valence-corrected chi connectivity index (χ0v) is 9.67. The Morgan fingerprint density at radius 2 is 2.22 bits per heavy atom. The first-order valence-electron chi connectivity index (χ1n) is 5.19. The van der Waals surface area contributed by atoms with Gasteiger partial charge >= 0.3 is 0 Å². The predicted molar refractivity (Wildman–Crippen MR) is 67.1 cm³/mol. The normalized spacial score (nSPS) is 11.4. The Morgan fingerprint density at radius 3 is 2.78 bits per heavy atom. The molecule has 0 spiro atoms. The molecule has 0 atom stereocenters. The monoisotopic (exact) mass is 246 g/mol. The van der Waals surface area contributed by atoms with Crippen molar-refractivity contribution >= 4 is 12.2 Å². The van der Waals surface area contributed by atoms with E-state index in [1.807, 2.05) is 0 Å². The van der Waals surface area contributed by atoms with Gasteiger partial charge in [0.1, 0.15) is 5.82 Å². The number of allylic oxidation sites excluding steroid dienone is 2. The van der Waals surface area contributed by atoms with Gasteiger partial charge in [0.15, 0.2) is 6.29 Å². The molecule has 1 rings (SSSR count). The van der Waals surface area contributed by atoms with Gasteiger partial charge in [0, 0.05) is 17.5 Å². The molecule has 0 saturated carbocycles. The molecule has 6 nitrogen and oxygen atoms in total. The highest BCUT2D eigenvalue weighted by Crippen LogP contribution is 1.99. The Morgan fingerprint density at radius 1 is 1.44 bits per heavy atom. The van der Waals surface area contributed by atoms with E-state index in [9.17, 15) is 9.59 Å². The number of rotatable bonds is 5. The van der Waals surface area contributed by atoms with Crippen LogP contribution in [0.3, 0.4) is 0 Å². The SMILES string of the molecule is N/C=C\C=C(/N)NC(=O)Cc1ccc(C=O)cn1. The number of hydrogen-bond donors (Lipinski definition) is 3. The summed E-state index contributed by atoms with van der Waals surface area (Å²) in [6.45, 7) is 0. The maximum Gasteiger partial charge on any atom is 0.231 e. The molecule has 0 radical (unpaired) electrons. The molecule has 0 unspecified atom stereocenters. The lowest BCUT2D eigenvalue weighted by atomic mass is 10.2. The first-order valence-corrected chi connectivity index (χ1v) is 5.19. The van der Waals surface area contributed by atoms with Crippen molar-refractivity contribution < 1.29 is 9.59 Å². The highest BCUT2D eigenvalue weighted by atomic mass is 16.1. The lowest BCUT2D eigenvalue weighted by Crippen LogP contribution is -2.28. The van der Waals surface area contributed by atoms with Gasteiger partial charge in [0.05, 0.1) is 6.42 Å². The summed E-state index contributed by atoms with van der Waals surface area (Å²) in [4.78, 5) is 25.9. The second kappa shape index (κ2) is 6.85. The molecule has 94 valence electrons. The van der Waals surface area contributed by atoms with Crippen LogP contribution in [0, 0.1) is 0 Å². The molecule has 0 aromatic carbocycles. The van der Waals surface area contributed by atoms with Gasteiger partial charge in [0.25, 0.3) is 0 Å². The number of carbonyl (C=O) groups is 2. The van der Waals surface area contributed by atoms with E-state index in [2.05, 4.69) is 10.3 Å². The van der Waals surface area contributed by atoms with E-state index in [1.165, 1.54) is 24.5 Å². The number of nitrogens with two attached hydrogens (primary N) is 2. The number of hydrogen-bond acceptors (Lipinski definition) is 5. The average Bonchev–Trinajstić information content (AvgIpc) is 2.37. The third-order valence-electron chi connectivity index (χ3n) is 2.00. The summed E-state index contributed by atoms with van der Waals surface area (Å²) >= 11 is 0. The largest absolute Gasteiger partial charge is 0.405 e. The number of aldehydes is 1. The van der Waals surface area contributed by atoms with Crippen molar-refractivity contribution in [1.29, 1.82) is 0 Å². The summed E-state index contributed by atoms with van der Waals surface area (Å²) in [5.74, 6) is -0.0910. The third-order valence-corrected chi connectivity index (χ3v) is 2.00. The highest BCUT2D eigenvalue weighted by molar-refractivity contribution is 5.80. The number of aromatic nitrogens is 1. The minimum absolute atomic E-state index is 0.0833. The molecule has 1 heterocycles. The summed E-state index contributed by atoms with van der Waals surface area (Å²) in [5, 5.41) is 2.48. The zero-order valence-electron chi connectivity index (χ0n) is 9.67. The van der Waals surface area contributed by atoms with Gasteiger partial charge in [-0.05, 0) is 30.5 Å². The number of amides is 1. The second-order valence-corrected chi connectivity index (χ2v) is 3.43. The van der Waals surface area contributed by atoms with E-state index in [1.54, 1.807) is 12.1 Å². The van der Waals surface area contributed by atoms with Crippen LogP contribution in [0.2, 0.25) is 0 Å². The van der Waals surface area contributed by atoms with Crippen molar-refractivity contribution in [3.05, 3.63) is 53.8 Å². The van der Waals surface area contributed by atoms with E-state index >= 15 is 0 Å². The summed E-state index contributed by atoms with van der Waals surface area (Å²) in [6, 6.07) is 3.21. The van der Waals surface area contributed by atoms with Crippen molar-refractivity contribution in [3.63, 3.8) is 0 Å². The zero-order chi connectivity index (χ0) is 13.4. The van der Waals surface area contributed by atoms with Crippen molar-refractivity contribution in [2.75, 3.05) is 0 Å². The minimum atomic E-state index is -0.291. The summed E-state index contributed by atoms with van der Waals surface area (Å²) in [7, 11) is 0. The van der Waals surface area contributed by atoms with Crippen LogP contribution in [-0.4, -0.2) is 17.2 Å². The molecule has 1 aromatic heterocycles. The molecule has 0 aliphatic heterocycles. The van der Waals surface area contributed by atoms with E-state index in [4.69, 9.17) is 11.5 Å². The smallest absolute Gasteiger partial charge is 0.231 e. The Labute approximate surface area is 104 Å². The van der Waals surface area contributed by atoms with Gasteiger partial charge < -0.3 is 16.8 Å². The third kappa shape index (κ3) is 4.48. The van der Waals surface area contributed by atoms with Crippen molar-refractivity contribution in [2.45, 2.75) is 6.42 Å². The molecular weight excluding hydrogens is 232 g/mol. The number of nitrogens with zero attached hydrogens (tertiary/aromatic N) is 1. The fourth-order valence-corrected chi connectivity index (χ4v) is 1.18. The molecule has 18 heavy (non-hydrogen) atoms. The predicted octanol–water partition coefficient (Wildman–Crippen LogP) is -0.175. The van der Waals surface area contributed by atoms with Crippen molar-refractivity contribution in [2.24, 2.45) is 11.5 Å². The lowest BCUT2D eigenvalue weighted by Gasteiger charge is -2.04. The van der Waals surface area contributed by atoms with E-state index in [0.717, 1.165) is 0 Å². The highest BCUT2D eigenvalue weighted by Gasteiger charge is 2.04. The van der Waals surface area contributed by atoms with Crippen LogP contribution in [0.4, 0.5) is 0 Å². The fraction of sp³-hybridized carbons (Fsp3) is 0.0833. The standard InChI is InChI=1S/C12H14N4O2/c13-5-1-2-11(14)16-12(18)6-10-4-3-9(8-17)7-15-10/h1-5,7-8H,6,13-14H2,(H,16,18)/b5-1-,11-2+. The molecule has 0 aliphatic rings. The Hall–Kier alpha value is -2.63. The van der Waals surface area contributed by atoms with Crippen LogP contribution < -0.4 is 16.8 Å². The number of pyridine rings is 1. The molecule has 1 aromatic rings. The van der Waals surface area contributed by atoms with Gasteiger partial charge in [-0.15, -0.1) is 0 Å². The van der Waals surface area contributed by atoms with Crippen LogP contribution >= 0.6 is 0 Å². The van der Waals surface area contributed by atoms with Crippen molar-refractivity contribution in [3.8, 4) is 0 Å². The van der Waals surface area contributed by atoms with Crippen LogP contribution in [0.5, 0.6) is 0 Å². The Bertz CT molecular complexity index is 477. The topological polar surface area (TPSA) is 111 Å². The molecule has 0 aliphatic carbocycles. The van der Waals surface area contributed by atoms with E-state index in [-0.39, 0.29) is 18.1 Å². The van der Waals surface area contributed by atoms with Crippen LogP contribution in [0.1, 0.15) is 16.1 Å². The Balaban J connectivity index is 2.56. The van der Waals surface area contributed by atoms with E-state index in [0.29, 0.717) is 17.5 Å². The average molecular weight is 246 g/mol. The maximum absolute atomic E-state index is 11.5. The Kier molecular flexibility index (Phi) is 5.11. The van der Waals surface area contributed by atoms with Crippen LogP contribution in [-0.2, 0) is 11.2 Å². The van der Waals surface area contributed by atoms with Gasteiger partial charge in [-0.2, -0.15) is 0 Å². The van der Waals surface area contributed by atoms with Gasteiger partial charge in [0.2, 0.25) is 5.91 Å². The van der Waals surface area contributed by atoms with Gasteiger partial charge in [-0.1, -0.05) is 0 Å². The number of carbonyl (C=O) groups excluding carboxylic acids is 2. The molecular formula is C12H14N4O2. The van der Waals surface area contributed by atoms with Gasteiger partial charge in [-0.25, -0.2) is 0 Å². The quantitative estimate of drug-likeness (QED) is 0.493. The fourth-order valence-electron chi connectivity index (χ4n) is 1.18. The molecule has 6 heteroatoms. The number of nitrogens with one attached hydrogen (secondary N) is 1. The second-order valence-electron chi connectivity index (χ2n) is 3.43. The summed E-state index contributed by atoms with van der Waals surface area (Å²) in [6.07, 6.45) is 6.47. The molecule has 5 N–H and O–H groups in total. The van der Waals surface area contributed by atoms with Crippen LogP contribution in [0.15, 0.2) is 42.5 Å². The van der Waals surface area contributed by atoms with Gasteiger partial charge in [-0.3, -0.25) is 14.6 Å². The molecule has 0 bridgehead atoms. The first-order chi connectivity index (χ1) is 8.65. The minimum Gasteiger partial charge on any atom is -0.405 e. The molecule has 0 fully saturated rings. The molecule has 1 amide bonds. The summed E-state index contributed by atoms with van der Waals surface area (Å²) in [5.41, 5.74) is 11.7.